The Morgan fingerprint density at radius 1 is 1.12 bits per heavy atom. The Kier molecular flexibility index (Phi) is 8.19. The van der Waals surface area contributed by atoms with E-state index in [0.29, 0.717) is 11.9 Å². The first kappa shape index (κ1) is 30.4. The van der Waals surface area contributed by atoms with E-state index in [4.69, 9.17) is 14.3 Å². The van der Waals surface area contributed by atoms with Gasteiger partial charge in [-0.3, -0.25) is 19.5 Å². The second-order valence-electron chi connectivity index (χ2n) is 11.1. The third-order valence-electron chi connectivity index (χ3n) is 7.00. The molecule has 0 atom stereocenters. The molecule has 0 radical (unpaired) electrons. The Bertz CT molecular complexity index is 1440. The van der Waals surface area contributed by atoms with Gasteiger partial charge in [0.15, 0.2) is 0 Å². The van der Waals surface area contributed by atoms with Crippen LogP contribution in [0.4, 0.5) is 18.0 Å². The van der Waals surface area contributed by atoms with Crippen molar-refractivity contribution >= 4 is 27.8 Å². The first-order valence-corrected chi connectivity index (χ1v) is 14.3. The number of hydrogen-bond acceptors (Lipinski definition) is 9. The fraction of sp³-hybridized carbons (Fsp3) is 0.560. The average molecular weight is 602 g/mol. The van der Waals surface area contributed by atoms with Gasteiger partial charge in [-0.2, -0.15) is 13.2 Å². The number of piperidine rings is 1. The lowest BCUT2D eigenvalue weighted by Crippen LogP contribution is -2.44. The summed E-state index contributed by atoms with van der Waals surface area (Å²) >= 11 is 0. The SMILES string of the molecule is CC(C)(C)C(=O)Cc1cc(C(F)(F)F)cnc1COC(=O)N1Cc2nc(C(=O)N3CCC(S(N)(=O)=O)CC3)oc2C1. The maximum absolute atomic E-state index is 13.2. The number of nitrogens with zero attached hydrogens (tertiary/aromatic N) is 4. The van der Waals surface area contributed by atoms with Gasteiger partial charge < -0.3 is 14.1 Å². The lowest BCUT2D eigenvalue weighted by Gasteiger charge is -2.29. The number of rotatable bonds is 6. The van der Waals surface area contributed by atoms with Crippen molar-refractivity contribution in [2.45, 2.75) is 71.2 Å². The highest BCUT2D eigenvalue weighted by Crippen LogP contribution is 2.31. The number of likely N-dealkylation sites (tertiary alicyclic amines) is 1. The summed E-state index contributed by atoms with van der Waals surface area (Å²) in [5.74, 6) is -0.722. The molecule has 4 rings (SSSR count). The molecule has 2 aliphatic rings. The number of oxazole rings is 1. The van der Waals surface area contributed by atoms with Gasteiger partial charge in [0.05, 0.1) is 29.6 Å². The number of carbonyl (C=O) groups excluding carboxylic acids is 3. The molecule has 2 aromatic heterocycles. The van der Waals surface area contributed by atoms with Gasteiger partial charge >= 0.3 is 18.2 Å². The molecule has 1 fully saturated rings. The molecule has 0 aliphatic carbocycles. The van der Waals surface area contributed by atoms with Gasteiger partial charge in [0.25, 0.3) is 5.89 Å². The zero-order valence-corrected chi connectivity index (χ0v) is 23.5. The first-order chi connectivity index (χ1) is 18.9. The number of nitrogens with two attached hydrogens (primary N) is 1. The minimum atomic E-state index is -4.66. The molecule has 0 unspecified atom stereocenters. The number of alkyl halides is 3. The number of halogens is 3. The highest BCUT2D eigenvalue weighted by atomic mass is 32.2. The van der Waals surface area contributed by atoms with Crippen LogP contribution in [0.25, 0.3) is 0 Å². The van der Waals surface area contributed by atoms with Crippen LogP contribution in [0.1, 0.15) is 72.6 Å². The van der Waals surface area contributed by atoms with Crippen molar-refractivity contribution in [3.8, 4) is 0 Å². The standard InChI is InChI=1S/C25H30F3N5O7S/c1-24(2,3)20(34)9-14-8-15(25(26,27)28)10-30-18(14)13-39-23(36)33-11-17-19(12-33)40-21(31-17)22(35)32-6-4-16(5-7-32)41(29,37)38/h8,10,16H,4-7,9,11-13H2,1-3H3,(H2,29,37,38). The van der Waals surface area contributed by atoms with Crippen molar-refractivity contribution in [3.63, 3.8) is 0 Å². The lowest BCUT2D eigenvalue weighted by molar-refractivity contribution is -0.138. The number of fused-ring (bicyclic) bond motifs is 1. The number of carbonyl (C=O) groups is 3. The lowest BCUT2D eigenvalue weighted by atomic mass is 9.86. The van der Waals surface area contributed by atoms with Crippen LogP contribution < -0.4 is 5.14 Å². The second kappa shape index (κ2) is 11.0. The number of sulfonamides is 1. The normalized spacial score (nSPS) is 16.6. The van der Waals surface area contributed by atoms with E-state index in [2.05, 4.69) is 9.97 Å². The predicted molar refractivity (Wildman–Crippen MR) is 135 cm³/mol. The molecule has 2 aliphatic heterocycles. The quantitative estimate of drug-likeness (QED) is 0.524. The molecule has 2 N–H and O–H groups in total. The van der Waals surface area contributed by atoms with Crippen molar-refractivity contribution in [3.05, 3.63) is 46.4 Å². The van der Waals surface area contributed by atoms with E-state index < -0.39 is 51.0 Å². The summed E-state index contributed by atoms with van der Waals surface area (Å²) in [6.07, 6.45) is -4.77. The minimum absolute atomic E-state index is 0.0128. The Morgan fingerprint density at radius 3 is 2.34 bits per heavy atom. The van der Waals surface area contributed by atoms with E-state index in [9.17, 15) is 36.0 Å². The van der Waals surface area contributed by atoms with Crippen LogP contribution in [-0.2, 0) is 51.8 Å². The van der Waals surface area contributed by atoms with Crippen molar-refractivity contribution in [1.29, 1.82) is 0 Å². The maximum atomic E-state index is 13.2. The smallest absolute Gasteiger partial charge is 0.417 e. The molecule has 2 amide bonds. The molecular formula is C25H30F3N5O7S. The van der Waals surface area contributed by atoms with Gasteiger partial charge in [-0.1, -0.05) is 20.8 Å². The highest BCUT2D eigenvalue weighted by molar-refractivity contribution is 7.89. The molecular weight excluding hydrogens is 571 g/mol. The predicted octanol–water partition coefficient (Wildman–Crippen LogP) is 2.79. The minimum Gasteiger partial charge on any atom is -0.443 e. The summed E-state index contributed by atoms with van der Waals surface area (Å²) in [7, 11) is -3.69. The first-order valence-electron chi connectivity index (χ1n) is 12.7. The number of ketones is 1. The van der Waals surface area contributed by atoms with Crippen LogP contribution in [0.15, 0.2) is 16.7 Å². The summed E-state index contributed by atoms with van der Waals surface area (Å²) in [5, 5.41) is 4.47. The van der Waals surface area contributed by atoms with Crippen molar-refractivity contribution < 1.29 is 45.1 Å². The number of pyridine rings is 1. The molecule has 0 bridgehead atoms. The van der Waals surface area contributed by atoms with Crippen LogP contribution in [0.2, 0.25) is 0 Å². The largest absolute Gasteiger partial charge is 0.443 e. The van der Waals surface area contributed by atoms with Gasteiger partial charge in [0.1, 0.15) is 23.8 Å². The van der Waals surface area contributed by atoms with Crippen LogP contribution in [0, 0.1) is 5.41 Å². The third kappa shape index (κ3) is 7.04. The third-order valence-corrected chi connectivity index (χ3v) is 8.40. The number of hydrogen-bond donors (Lipinski definition) is 1. The zero-order valence-electron chi connectivity index (χ0n) is 22.7. The Balaban J connectivity index is 1.37. The molecule has 224 valence electrons. The molecule has 41 heavy (non-hydrogen) atoms. The monoisotopic (exact) mass is 601 g/mol. The fourth-order valence-corrected chi connectivity index (χ4v) is 5.29. The van der Waals surface area contributed by atoms with E-state index >= 15 is 0 Å². The molecule has 4 heterocycles. The number of ether oxygens (including phenoxy) is 1. The van der Waals surface area contributed by atoms with Gasteiger partial charge in [-0.25, -0.2) is 23.3 Å². The van der Waals surface area contributed by atoms with E-state index in [-0.39, 0.29) is 74.1 Å². The molecule has 0 spiro atoms. The molecule has 16 heteroatoms. The number of amides is 2. The topological polar surface area (TPSA) is 166 Å². The number of Topliss-reactive ketones (excluding diaryl/α,β-unsaturated/α-hetero) is 1. The van der Waals surface area contributed by atoms with E-state index in [0.717, 1.165) is 6.07 Å². The summed E-state index contributed by atoms with van der Waals surface area (Å²) < 4.78 is 73.7. The number of aromatic nitrogens is 2. The Labute approximate surface area is 234 Å². The Morgan fingerprint density at radius 2 is 1.78 bits per heavy atom. The molecule has 12 nitrogen and oxygen atoms in total. The number of primary sulfonamides is 1. The molecule has 1 saturated heterocycles. The summed E-state index contributed by atoms with van der Waals surface area (Å²) in [5.41, 5.74) is -1.44. The summed E-state index contributed by atoms with van der Waals surface area (Å²) in [6, 6.07) is 0.838. The van der Waals surface area contributed by atoms with Gasteiger partial charge in [0, 0.05) is 31.1 Å². The van der Waals surface area contributed by atoms with Gasteiger partial charge in [0.2, 0.25) is 10.0 Å². The van der Waals surface area contributed by atoms with E-state index in [1.165, 1.54) is 9.80 Å². The summed E-state index contributed by atoms with van der Waals surface area (Å²) in [4.78, 5) is 48.7. The van der Waals surface area contributed by atoms with E-state index in [1.54, 1.807) is 20.8 Å². The van der Waals surface area contributed by atoms with Crippen molar-refractivity contribution in [2.24, 2.45) is 10.6 Å². The molecule has 0 aromatic carbocycles. The van der Waals surface area contributed by atoms with Crippen molar-refractivity contribution in [2.75, 3.05) is 13.1 Å². The summed E-state index contributed by atoms with van der Waals surface area (Å²) in [6.45, 7) is 4.74. The van der Waals surface area contributed by atoms with Crippen LogP contribution in [-0.4, -0.2) is 64.3 Å². The second-order valence-corrected chi connectivity index (χ2v) is 12.9. The molecule has 0 saturated carbocycles. The Hall–Kier alpha value is -3.53. The highest BCUT2D eigenvalue weighted by Gasteiger charge is 2.36. The van der Waals surface area contributed by atoms with Gasteiger partial charge in [-0.05, 0) is 24.5 Å². The van der Waals surface area contributed by atoms with E-state index in [1.807, 2.05) is 0 Å². The fourth-order valence-electron chi connectivity index (χ4n) is 4.42. The van der Waals surface area contributed by atoms with Crippen LogP contribution >= 0.6 is 0 Å². The van der Waals surface area contributed by atoms with Gasteiger partial charge in [-0.15, -0.1) is 0 Å². The average Bonchev–Trinajstić information content (AvgIpc) is 3.45. The van der Waals surface area contributed by atoms with Crippen molar-refractivity contribution in [1.82, 2.24) is 19.8 Å². The zero-order chi connectivity index (χ0) is 30.3. The molecule has 2 aromatic rings. The maximum Gasteiger partial charge on any atom is 0.417 e. The van der Waals surface area contributed by atoms with Crippen LogP contribution in [0.5, 0.6) is 0 Å². The van der Waals surface area contributed by atoms with Crippen LogP contribution in [0.3, 0.4) is 0 Å².